The summed E-state index contributed by atoms with van der Waals surface area (Å²) in [4.78, 5) is 0. The zero-order chi connectivity index (χ0) is 11.3. The second kappa shape index (κ2) is 6.37. The van der Waals surface area contributed by atoms with Crippen molar-refractivity contribution in [3.8, 4) is 0 Å². The van der Waals surface area contributed by atoms with Gasteiger partial charge >= 0.3 is 0 Å². The van der Waals surface area contributed by atoms with Crippen LogP contribution in [0.1, 0.15) is 12.8 Å². The first kappa shape index (κ1) is 12.8. The van der Waals surface area contributed by atoms with E-state index in [1.807, 2.05) is 0 Å². The van der Waals surface area contributed by atoms with Gasteiger partial charge in [-0.25, -0.2) is 0 Å². The largest absolute Gasteiger partial charge is 0.394 e. The number of hydrogen-bond acceptors (Lipinski definition) is 6. The van der Waals surface area contributed by atoms with Crippen molar-refractivity contribution in [2.75, 3.05) is 19.7 Å². The van der Waals surface area contributed by atoms with Crippen molar-refractivity contribution >= 4 is 0 Å². The van der Waals surface area contributed by atoms with Gasteiger partial charge in [-0.05, 0) is 6.42 Å². The summed E-state index contributed by atoms with van der Waals surface area (Å²) >= 11 is 0. The molecule has 1 heterocycles. The number of aliphatic hydroxyl groups excluding tert-OH is 4. The van der Waals surface area contributed by atoms with Crippen LogP contribution >= 0.6 is 0 Å². The zero-order valence-electron chi connectivity index (χ0n) is 8.54. The van der Waals surface area contributed by atoms with E-state index >= 15 is 0 Å². The predicted molar refractivity (Wildman–Crippen MR) is 52.1 cm³/mol. The van der Waals surface area contributed by atoms with Crippen LogP contribution in [0.3, 0.4) is 0 Å². The maximum Gasteiger partial charge on any atom is 0.155 e. The lowest BCUT2D eigenvalue weighted by atomic mass is 10.0. The van der Waals surface area contributed by atoms with Gasteiger partial charge in [0.05, 0.1) is 24.9 Å². The molecular weight excluding hydrogens is 202 g/mol. The van der Waals surface area contributed by atoms with Crippen LogP contribution in [0.4, 0.5) is 0 Å². The average molecular weight is 221 g/mol. The standard InChI is InChI=1S/C9H19NO5/c11-5-6(12)3-10-4-8-7(13)1-2-9(14)15-8/h6-14H,1-5H2/t6?,7-,8?,9-/m0/s1. The molecule has 1 aliphatic heterocycles. The molecule has 2 unspecified atom stereocenters. The molecule has 0 amide bonds. The van der Waals surface area contributed by atoms with E-state index in [0.717, 1.165) is 0 Å². The minimum atomic E-state index is -0.817. The molecule has 6 heteroatoms. The summed E-state index contributed by atoms with van der Waals surface area (Å²) in [6, 6.07) is 0. The topological polar surface area (TPSA) is 102 Å². The minimum Gasteiger partial charge on any atom is -0.394 e. The van der Waals surface area contributed by atoms with Crippen molar-refractivity contribution in [3.63, 3.8) is 0 Å². The molecule has 90 valence electrons. The Morgan fingerprint density at radius 2 is 2.07 bits per heavy atom. The zero-order valence-corrected chi connectivity index (χ0v) is 8.54. The fourth-order valence-electron chi connectivity index (χ4n) is 1.50. The van der Waals surface area contributed by atoms with Gasteiger partial charge in [0.2, 0.25) is 0 Å². The first-order chi connectivity index (χ1) is 7.13. The van der Waals surface area contributed by atoms with Crippen LogP contribution in [0.25, 0.3) is 0 Å². The smallest absolute Gasteiger partial charge is 0.155 e. The van der Waals surface area contributed by atoms with Crippen molar-refractivity contribution in [2.45, 2.75) is 37.4 Å². The molecule has 1 fully saturated rings. The highest BCUT2D eigenvalue weighted by Gasteiger charge is 2.28. The normalized spacial score (nSPS) is 34.0. The van der Waals surface area contributed by atoms with Crippen molar-refractivity contribution in [3.05, 3.63) is 0 Å². The molecule has 6 nitrogen and oxygen atoms in total. The van der Waals surface area contributed by atoms with Crippen molar-refractivity contribution in [1.29, 1.82) is 0 Å². The molecule has 0 aromatic heterocycles. The lowest BCUT2D eigenvalue weighted by Gasteiger charge is -2.31. The molecule has 0 spiro atoms. The number of nitrogens with one attached hydrogen (secondary N) is 1. The van der Waals surface area contributed by atoms with E-state index in [9.17, 15) is 10.2 Å². The third-order valence-electron chi connectivity index (χ3n) is 2.41. The molecule has 15 heavy (non-hydrogen) atoms. The molecule has 1 rings (SSSR count). The number of hydrogen-bond donors (Lipinski definition) is 5. The van der Waals surface area contributed by atoms with Crippen molar-refractivity contribution < 1.29 is 25.2 Å². The third kappa shape index (κ3) is 4.42. The van der Waals surface area contributed by atoms with Gasteiger partial charge in [0.25, 0.3) is 0 Å². The second-order valence-electron chi connectivity index (χ2n) is 3.77. The van der Waals surface area contributed by atoms with Gasteiger partial charge < -0.3 is 30.5 Å². The highest BCUT2D eigenvalue weighted by atomic mass is 16.6. The molecule has 1 saturated heterocycles. The molecular formula is C9H19NO5. The summed E-state index contributed by atoms with van der Waals surface area (Å²) in [6.07, 6.45) is -1.72. The van der Waals surface area contributed by atoms with Gasteiger partial charge in [0.15, 0.2) is 6.29 Å². The molecule has 0 aromatic rings. The first-order valence-corrected chi connectivity index (χ1v) is 5.14. The molecule has 0 saturated carbocycles. The van der Waals surface area contributed by atoms with E-state index in [-0.39, 0.29) is 13.2 Å². The summed E-state index contributed by atoms with van der Waals surface area (Å²) in [5.41, 5.74) is 0. The quantitative estimate of drug-likeness (QED) is 0.361. The summed E-state index contributed by atoms with van der Waals surface area (Å²) in [5, 5.41) is 39.2. The van der Waals surface area contributed by atoms with Crippen molar-refractivity contribution in [1.82, 2.24) is 5.32 Å². The van der Waals surface area contributed by atoms with Gasteiger partial charge in [0, 0.05) is 19.5 Å². The maximum atomic E-state index is 9.52. The minimum absolute atomic E-state index is 0.235. The average Bonchev–Trinajstić information content (AvgIpc) is 2.23. The fraction of sp³-hybridized carbons (Fsp3) is 1.00. The van der Waals surface area contributed by atoms with Crippen LogP contribution in [-0.2, 0) is 4.74 Å². The number of ether oxygens (including phenoxy) is 1. The van der Waals surface area contributed by atoms with Crippen LogP contribution < -0.4 is 5.32 Å². The third-order valence-corrected chi connectivity index (χ3v) is 2.41. The molecule has 1 aliphatic rings. The molecule has 0 radical (unpaired) electrons. The van der Waals surface area contributed by atoms with Gasteiger partial charge in [-0.2, -0.15) is 0 Å². The molecule has 4 atom stereocenters. The van der Waals surface area contributed by atoms with Crippen LogP contribution in [0.15, 0.2) is 0 Å². The number of aliphatic hydroxyl groups is 4. The van der Waals surface area contributed by atoms with Crippen LogP contribution in [0.2, 0.25) is 0 Å². The van der Waals surface area contributed by atoms with Crippen LogP contribution in [0.5, 0.6) is 0 Å². The molecule has 0 aromatic carbocycles. The monoisotopic (exact) mass is 221 g/mol. The maximum absolute atomic E-state index is 9.52. The van der Waals surface area contributed by atoms with E-state index in [1.54, 1.807) is 0 Å². The Hall–Kier alpha value is -0.240. The summed E-state index contributed by atoms with van der Waals surface area (Å²) in [7, 11) is 0. The van der Waals surface area contributed by atoms with Crippen LogP contribution in [-0.4, -0.2) is 64.7 Å². The fourth-order valence-corrected chi connectivity index (χ4v) is 1.50. The second-order valence-corrected chi connectivity index (χ2v) is 3.77. The Labute approximate surface area is 88.5 Å². The Morgan fingerprint density at radius 1 is 1.33 bits per heavy atom. The Balaban J connectivity index is 2.18. The molecule has 5 N–H and O–H groups in total. The van der Waals surface area contributed by atoms with Gasteiger partial charge in [-0.1, -0.05) is 0 Å². The van der Waals surface area contributed by atoms with Crippen LogP contribution in [0, 0.1) is 0 Å². The summed E-state index contributed by atoms with van der Waals surface area (Å²) in [6.45, 7) is 0.276. The van der Waals surface area contributed by atoms with E-state index in [0.29, 0.717) is 19.4 Å². The molecule has 0 bridgehead atoms. The van der Waals surface area contributed by atoms with Gasteiger partial charge in [-0.3, -0.25) is 0 Å². The van der Waals surface area contributed by atoms with E-state index < -0.39 is 24.6 Å². The van der Waals surface area contributed by atoms with Crippen molar-refractivity contribution in [2.24, 2.45) is 0 Å². The summed E-state index contributed by atoms with van der Waals surface area (Å²) < 4.78 is 5.11. The Kier molecular flexibility index (Phi) is 5.44. The van der Waals surface area contributed by atoms with E-state index in [4.69, 9.17) is 14.9 Å². The summed E-state index contributed by atoms with van der Waals surface area (Å²) in [5.74, 6) is 0. The Morgan fingerprint density at radius 3 is 2.73 bits per heavy atom. The molecule has 0 aliphatic carbocycles. The number of rotatable bonds is 5. The van der Waals surface area contributed by atoms with E-state index in [1.165, 1.54) is 0 Å². The lowest BCUT2D eigenvalue weighted by molar-refractivity contribution is -0.196. The van der Waals surface area contributed by atoms with Gasteiger partial charge in [0.1, 0.15) is 0 Å². The highest BCUT2D eigenvalue weighted by Crippen LogP contribution is 2.17. The SMILES string of the molecule is OCC(O)CNCC1O[C@H](O)CC[C@@H]1O. The predicted octanol–water partition coefficient (Wildman–Crippen LogP) is -2.21. The Bertz CT molecular complexity index is 180. The van der Waals surface area contributed by atoms with Gasteiger partial charge in [-0.15, -0.1) is 0 Å². The lowest BCUT2D eigenvalue weighted by Crippen LogP contribution is -2.46. The highest BCUT2D eigenvalue weighted by molar-refractivity contribution is 4.77. The van der Waals surface area contributed by atoms with E-state index in [2.05, 4.69) is 5.32 Å². The first-order valence-electron chi connectivity index (χ1n) is 5.14.